The van der Waals surface area contributed by atoms with E-state index in [-0.39, 0.29) is 17.9 Å². The summed E-state index contributed by atoms with van der Waals surface area (Å²) in [5, 5.41) is 6.26. The summed E-state index contributed by atoms with van der Waals surface area (Å²) in [5.41, 5.74) is 3.22. The van der Waals surface area contributed by atoms with E-state index in [2.05, 4.69) is 25.6 Å². The third-order valence-corrected chi connectivity index (χ3v) is 6.02. The molecule has 2 amide bonds. The van der Waals surface area contributed by atoms with Crippen LogP contribution >= 0.6 is 22.9 Å². The van der Waals surface area contributed by atoms with E-state index < -0.39 is 0 Å². The number of carbonyl (C=O) groups is 2. The van der Waals surface area contributed by atoms with Gasteiger partial charge in [0.05, 0.1) is 36.7 Å². The predicted molar refractivity (Wildman–Crippen MR) is 125 cm³/mol. The summed E-state index contributed by atoms with van der Waals surface area (Å²) in [5.74, 6) is 1.13. The molecule has 0 unspecified atom stereocenters. The number of aromatic amines is 1. The summed E-state index contributed by atoms with van der Waals surface area (Å²) in [4.78, 5) is 36.4. The van der Waals surface area contributed by atoms with Crippen molar-refractivity contribution in [2.45, 2.75) is 38.1 Å². The number of halogens is 1. The zero-order valence-electron chi connectivity index (χ0n) is 18.0. The number of rotatable bonds is 11. The second kappa shape index (κ2) is 11.6. The van der Waals surface area contributed by atoms with Crippen molar-refractivity contribution in [3.63, 3.8) is 0 Å². The Bertz CT molecular complexity index is 1040. The van der Waals surface area contributed by atoms with Gasteiger partial charge in [-0.05, 0) is 31.0 Å². The number of imidazole rings is 1. The highest BCUT2D eigenvalue weighted by atomic mass is 35.5. The van der Waals surface area contributed by atoms with Crippen LogP contribution in [0.4, 0.5) is 0 Å². The number of thiazole rings is 1. The molecule has 0 aliphatic carbocycles. The van der Waals surface area contributed by atoms with Crippen LogP contribution in [-0.2, 0) is 4.79 Å². The van der Waals surface area contributed by atoms with Crippen LogP contribution in [0.1, 0.15) is 53.6 Å². The van der Waals surface area contributed by atoms with E-state index in [0.29, 0.717) is 34.3 Å². The number of nitrogens with one attached hydrogen (secondary N) is 3. The SMILES string of the molecule is CNC(=O)CCCCC[C@H](NC(=O)c1cncs1)c1ncc(-c2ccc(Cl)cc2OC)[nH]1. The molecular formula is C22H26ClN5O3S. The summed E-state index contributed by atoms with van der Waals surface area (Å²) in [7, 11) is 3.22. The fourth-order valence-electron chi connectivity index (χ4n) is 3.31. The maximum atomic E-state index is 12.7. The monoisotopic (exact) mass is 475 g/mol. The molecule has 2 heterocycles. The van der Waals surface area contributed by atoms with Crippen LogP contribution in [0.15, 0.2) is 36.1 Å². The van der Waals surface area contributed by atoms with Gasteiger partial charge in [0, 0.05) is 24.1 Å². The zero-order valence-corrected chi connectivity index (χ0v) is 19.6. The first-order chi connectivity index (χ1) is 15.5. The minimum Gasteiger partial charge on any atom is -0.496 e. The van der Waals surface area contributed by atoms with Crippen LogP contribution in [0, 0.1) is 0 Å². The number of amides is 2. The second-order valence-corrected chi connectivity index (χ2v) is 8.51. The maximum absolute atomic E-state index is 12.7. The molecule has 32 heavy (non-hydrogen) atoms. The smallest absolute Gasteiger partial charge is 0.263 e. The van der Waals surface area contributed by atoms with Crippen LogP contribution in [0.3, 0.4) is 0 Å². The fraction of sp³-hybridized carbons (Fsp3) is 0.364. The molecule has 0 aliphatic heterocycles. The van der Waals surface area contributed by atoms with Gasteiger partial charge in [-0.2, -0.15) is 0 Å². The molecule has 3 rings (SSSR count). The zero-order chi connectivity index (χ0) is 22.9. The first-order valence-electron chi connectivity index (χ1n) is 10.3. The van der Waals surface area contributed by atoms with Gasteiger partial charge in [0.1, 0.15) is 16.5 Å². The highest BCUT2D eigenvalue weighted by molar-refractivity contribution is 7.11. The van der Waals surface area contributed by atoms with Crippen molar-refractivity contribution in [2.24, 2.45) is 0 Å². The van der Waals surface area contributed by atoms with E-state index in [4.69, 9.17) is 16.3 Å². The molecule has 3 aromatic rings. The molecule has 3 N–H and O–H groups in total. The molecular weight excluding hydrogens is 450 g/mol. The molecule has 0 spiro atoms. The average Bonchev–Trinajstić information content (AvgIpc) is 3.50. The Morgan fingerprint density at radius 1 is 1.25 bits per heavy atom. The number of aromatic nitrogens is 3. The Labute approximate surface area is 195 Å². The minimum atomic E-state index is -0.309. The molecule has 0 fully saturated rings. The van der Waals surface area contributed by atoms with Crippen LogP contribution in [0.25, 0.3) is 11.3 Å². The van der Waals surface area contributed by atoms with E-state index >= 15 is 0 Å². The lowest BCUT2D eigenvalue weighted by atomic mass is 10.1. The van der Waals surface area contributed by atoms with Gasteiger partial charge in [-0.1, -0.05) is 24.4 Å². The Morgan fingerprint density at radius 3 is 2.81 bits per heavy atom. The van der Waals surface area contributed by atoms with E-state index in [0.717, 1.165) is 30.5 Å². The van der Waals surface area contributed by atoms with Gasteiger partial charge in [0.15, 0.2) is 0 Å². The van der Waals surface area contributed by atoms with E-state index in [1.165, 1.54) is 11.3 Å². The van der Waals surface area contributed by atoms with Gasteiger partial charge in [-0.25, -0.2) is 4.98 Å². The fourth-order valence-corrected chi connectivity index (χ4v) is 3.99. The van der Waals surface area contributed by atoms with E-state index in [1.54, 1.807) is 44.2 Å². The van der Waals surface area contributed by atoms with Crippen molar-refractivity contribution >= 4 is 34.8 Å². The number of hydrogen-bond acceptors (Lipinski definition) is 6. The molecule has 1 atom stereocenters. The van der Waals surface area contributed by atoms with Crippen LogP contribution < -0.4 is 15.4 Å². The van der Waals surface area contributed by atoms with Crippen molar-refractivity contribution < 1.29 is 14.3 Å². The summed E-state index contributed by atoms with van der Waals surface area (Å²) in [6.07, 6.45) is 6.95. The molecule has 0 aliphatic rings. The number of nitrogens with zero attached hydrogens (tertiary/aromatic N) is 2. The number of hydrogen-bond donors (Lipinski definition) is 3. The Morgan fingerprint density at radius 2 is 2.09 bits per heavy atom. The molecule has 0 saturated heterocycles. The summed E-state index contributed by atoms with van der Waals surface area (Å²) < 4.78 is 5.44. The van der Waals surface area contributed by atoms with Crippen molar-refractivity contribution in [1.82, 2.24) is 25.6 Å². The maximum Gasteiger partial charge on any atom is 0.263 e. The first-order valence-corrected chi connectivity index (χ1v) is 11.6. The highest BCUT2D eigenvalue weighted by Crippen LogP contribution is 2.32. The van der Waals surface area contributed by atoms with Gasteiger partial charge in [-0.15, -0.1) is 11.3 Å². The topological polar surface area (TPSA) is 109 Å². The second-order valence-electron chi connectivity index (χ2n) is 7.19. The number of unbranched alkanes of at least 4 members (excludes halogenated alkanes) is 2. The van der Waals surface area contributed by atoms with Crippen LogP contribution in [-0.4, -0.2) is 40.9 Å². The van der Waals surface area contributed by atoms with E-state index in [9.17, 15) is 9.59 Å². The van der Waals surface area contributed by atoms with Gasteiger partial charge < -0.3 is 20.4 Å². The highest BCUT2D eigenvalue weighted by Gasteiger charge is 2.20. The lowest BCUT2D eigenvalue weighted by Gasteiger charge is -2.16. The van der Waals surface area contributed by atoms with Crippen molar-refractivity contribution in [3.05, 3.63) is 51.8 Å². The molecule has 0 saturated carbocycles. The lowest BCUT2D eigenvalue weighted by Crippen LogP contribution is -2.28. The molecule has 8 nitrogen and oxygen atoms in total. The van der Waals surface area contributed by atoms with Gasteiger partial charge in [-0.3, -0.25) is 14.6 Å². The number of carbonyl (C=O) groups excluding carboxylic acids is 2. The average molecular weight is 476 g/mol. The lowest BCUT2D eigenvalue weighted by molar-refractivity contribution is -0.120. The quantitative estimate of drug-likeness (QED) is 0.357. The number of ether oxygens (including phenoxy) is 1. The van der Waals surface area contributed by atoms with Crippen LogP contribution in [0.2, 0.25) is 5.02 Å². The molecule has 1 aromatic carbocycles. The number of methoxy groups -OCH3 is 1. The van der Waals surface area contributed by atoms with Crippen molar-refractivity contribution in [2.75, 3.05) is 14.2 Å². The number of H-pyrrole nitrogens is 1. The van der Waals surface area contributed by atoms with Crippen molar-refractivity contribution in [3.8, 4) is 17.0 Å². The first kappa shape index (κ1) is 23.7. The van der Waals surface area contributed by atoms with Gasteiger partial charge in [0.25, 0.3) is 5.91 Å². The molecule has 2 aromatic heterocycles. The van der Waals surface area contributed by atoms with Gasteiger partial charge in [0.2, 0.25) is 5.91 Å². The third kappa shape index (κ3) is 6.30. The summed E-state index contributed by atoms with van der Waals surface area (Å²) in [6.45, 7) is 0. The summed E-state index contributed by atoms with van der Waals surface area (Å²) in [6, 6.07) is 5.08. The largest absolute Gasteiger partial charge is 0.496 e. The Kier molecular flexibility index (Phi) is 8.64. The molecule has 0 radical (unpaired) electrons. The third-order valence-electron chi connectivity index (χ3n) is 5.02. The summed E-state index contributed by atoms with van der Waals surface area (Å²) >= 11 is 7.36. The van der Waals surface area contributed by atoms with Crippen molar-refractivity contribution in [1.29, 1.82) is 0 Å². The molecule has 10 heteroatoms. The standard InChI is InChI=1S/C22H26ClN5O3S/c1-24-20(29)7-5-3-4-6-16(28-22(30)19-12-25-13-32-19)21-26-11-17(27-21)15-9-8-14(23)10-18(15)31-2/h8-13,16H,3-7H2,1-2H3,(H,24,29)(H,26,27)(H,28,30)/t16-/m0/s1. The van der Waals surface area contributed by atoms with E-state index in [1.807, 2.05) is 6.07 Å². The van der Waals surface area contributed by atoms with Crippen LogP contribution in [0.5, 0.6) is 5.75 Å². The normalized spacial score (nSPS) is 11.7. The number of benzene rings is 1. The Balaban J connectivity index is 1.74. The Hall–Kier alpha value is -2.91. The predicted octanol–water partition coefficient (Wildman–Crippen LogP) is 4.36. The van der Waals surface area contributed by atoms with Gasteiger partial charge >= 0.3 is 0 Å². The minimum absolute atomic E-state index is 0.0348. The molecule has 170 valence electrons. The molecule has 0 bridgehead atoms.